The van der Waals surface area contributed by atoms with Crippen LogP contribution in [0, 0.1) is 5.92 Å². The third-order valence-electron chi connectivity index (χ3n) is 8.08. The predicted molar refractivity (Wildman–Crippen MR) is 151 cm³/mol. The molecular formula is C29H33ClN4O7. The predicted octanol–water partition coefficient (Wildman–Crippen LogP) is 4.45. The number of piperidine rings is 1. The number of nitrogens with one attached hydrogen (secondary N) is 2. The number of hydrogen-bond acceptors (Lipinski definition) is 6. The molecule has 0 aromatic heterocycles. The number of carbonyl (C=O) groups excluding carboxylic acids is 3. The van der Waals surface area contributed by atoms with E-state index >= 15 is 0 Å². The van der Waals surface area contributed by atoms with Crippen molar-refractivity contribution in [3.63, 3.8) is 0 Å². The van der Waals surface area contributed by atoms with Crippen molar-refractivity contribution in [1.82, 2.24) is 10.2 Å². The van der Waals surface area contributed by atoms with Gasteiger partial charge in [-0.05, 0) is 80.5 Å². The Bertz CT molecular complexity index is 1330. The smallest absolute Gasteiger partial charge is 0.412 e. The van der Waals surface area contributed by atoms with Crippen LogP contribution in [0.4, 0.5) is 21.0 Å². The number of anilines is 2. The zero-order valence-electron chi connectivity index (χ0n) is 22.7. The molecule has 1 spiro atoms. The summed E-state index contributed by atoms with van der Waals surface area (Å²) in [6.07, 6.45) is 1.45. The second-order valence-corrected chi connectivity index (χ2v) is 11.2. The molecule has 0 saturated carbocycles. The van der Waals surface area contributed by atoms with E-state index < -0.39 is 29.7 Å². The van der Waals surface area contributed by atoms with Gasteiger partial charge in [-0.2, -0.15) is 0 Å². The van der Waals surface area contributed by atoms with E-state index in [1.807, 2.05) is 0 Å². The van der Waals surface area contributed by atoms with Gasteiger partial charge in [0.15, 0.2) is 5.60 Å². The lowest BCUT2D eigenvalue weighted by Gasteiger charge is -2.46. The second-order valence-electron chi connectivity index (χ2n) is 10.8. The summed E-state index contributed by atoms with van der Waals surface area (Å²) in [6, 6.07) is 10.5. The molecule has 4 amide bonds. The van der Waals surface area contributed by atoms with Crippen molar-refractivity contribution in [3.05, 3.63) is 58.6 Å². The van der Waals surface area contributed by atoms with E-state index in [1.165, 1.54) is 19.2 Å². The maximum atomic E-state index is 14.1. The van der Waals surface area contributed by atoms with E-state index in [0.717, 1.165) is 23.3 Å². The van der Waals surface area contributed by atoms with Crippen LogP contribution in [0.3, 0.4) is 0 Å². The highest BCUT2D eigenvalue weighted by atomic mass is 35.5. The molecule has 0 bridgehead atoms. The summed E-state index contributed by atoms with van der Waals surface area (Å²) < 4.78 is 11.3. The Labute approximate surface area is 242 Å². The Morgan fingerprint density at radius 2 is 1.93 bits per heavy atom. The number of carbonyl (C=O) groups is 4. The standard InChI is InChI=1S/C29H33ClN4O7/c1-33(28(38)39)21-6-3-19(4-7-21)25(35)31-24(15-18-9-13-40-14-10-18)26(36)34-12-2-11-29(17-34)22-16-20(30)5-8-23(22)32-27(37)41-29/h3-8,16,18,24H,2,9-15,17H2,1H3,(H,31,35)(H,32,37)(H,38,39)/t24-,29-/m0/s1. The van der Waals surface area contributed by atoms with Crippen LogP contribution >= 0.6 is 11.6 Å². The van der Waals surface area contributed by atoms with Crippen molar-refractivity contribution in [3.8, 4) is 0 Å². The Morgan fingerprint density at radius 1 is 1.20 bits per heavy atom. The monoisotopic (exact) mass is 584 g/mol. The molecule has 2 aromatic rings. The molecule has 0 unspecified atom stereocenters. The highest BCUT2D eigenvalue weighted by molar-refractivity contribution is 6.30. The lowest BCUT2D eigenvalue weighted by atomic mass is 9.83. The minimum absolute atomic E-state index is 0.142. The molecule has 11 nitrogen and oxygen atoms in total. The number of likely N-dealkylation sites (tertiary alicyclic amines) is 1. The molecule has 2 aromatic carbocycles. The van der Waals surface area contributed by atoms with E-state index in [9.17, 15) is 24.3 Å². The molecule has 2 saturated heterocycles. The highest BCUT2D eigenvalue weighted by Gasteiger charge is 2.47. The number of carboxylic acid groups (broad SMARTS) is 1. The largest absolute Gasteiger partial charge is 0.465 e. The van der Waals surface area contributed by atoms with Crippen LogP contribution in [0.2, 0.25) is 5.02 Å². The average molecular weight is 585 g/mol. The lowest BCUT2D eigenvalue weighted by Crippen LogP contribution is -2.57. The molecule has 5 rings (SSSR count). The fraction of sp³-hybridized carbons (Fsp3) is 0.448. The van der Waals surface area contributed by atoms with Gasteiger partial charge in [0, 0.05) is 48.6 Å². The molecule has 3 N–H and O–H groups in total. The van der Waals surface area contributed by atoms with Gasteiger partial charge in [-0.25, -0.2) is 9.59 Å². The number of nitrogens with zero attached hydrogens (tertiary/aromatic N) is 2. The zero-order valence-corrected chi connectivity index (χ0v) is 23.5. The first-order valence-electron chi connectivity index (χ1n) is 13.7. The topological polar surface area (TPSA) is 138 Å². The number of halogens is 1. The molecule has 3 heterocycles. The summed E-state index contributed by atoms with van der Waals surface area (Å²) in [7, 11) is 1.41. The van der Waals surface area contributed by atoms with E-state index in [1.54, 1.807) is 35.2 Å². The van der Waals surface area contributed by atoms with Crippen molar-refractivity contribution in [2.75, 3.05) is 43.6 Å². The maximum absolute atomic E-state index is 14.1. The Balaban J connectivity index is 1.37. The molecule has 218 valence electrons. The van der Waals surface area contributed by atoms with Gasteiger partial charge >= 0.3 is 12.2 Å². The van der Waals surface area contributed by atoms with Gasteiger partial charge in [-0.1, -0.05) is 11.6 Å². The number of fused-ring (bicyclic) bond motifs is 2. The van der Waals surface area contributed by atoms with Crippen molar-refractivity contribution in [1.29, 1.82) is 0 Å². The van der Waals surface area contributed by atoms with Crippen molar-refractivity contribution < 1.29 is 33.8 Å². The first-order chi connectivity index (χ1) is 19.6. The molecular weight excluding hydrogens is 552 g/mol. The van der Waals surface area contributed by atoms with Gasteiger partial charge < -0.3 is 24.8 Å². The summed E-state index contributed by atoms with van der Waals surface area (Å²) in [6.45, 7) is 1.80. The molecule has 3 aliphatic heterocycles. The van der Waals surface area contributed by atoms with Crippen LogP contribution < -0.4 is 15.5 Å². The summed E-state index contributed by atoms with van der Waals surface area (Å²) in [5, 5.41) is 15.4. The third-order valence-corrected chi connectivity index (χ3v) is 8.32. The number of rotatable bonds is 6. The van der Waals surface area contributed by atoms with Crippen molar-refractivity contribution in [2.45, 2.75) is 43.7 Å². The lowest BCUT2D eigenvalue weighted by molar-refractivity contribution is -0.141. The maximum Gasteiger partial charge on any atom is 0.412 e. The normalized spacial score (nSPS) is 21.3. The number of amides is 4. The fourth-order valence-corrected chi connectivity index (χ4v) is 6.00. The van der Waals surface area contributed by atoms with Crippen LogP contribution in [0.1, 0.15) is 48.0 Å². The molecule has 2 fully saturated rings. The van der Waals surface area contributed by atoms with Gasteiger partial charge in [0.1, 0.15) is 6.04 Å². The van der Waals surface area contributed by atoms with E-state index in [4.69, 9.17) is 21.1 Å². The van der Waals surface area contributed by atoms with Gasteiger partial charge in [0.25, 0.3) is 5.91 Å². The number of ether oxygens (including phenoxy) is 2. The SMILES string of the molecule is CN(C(=O)O)c1ccc(C(=O)N[C@@H](CC2CCOCC2)C(=O)N2CCC[C@@]3(C2)OC(=O)Nc2ccc(Cl)cc23)cc1. The zero-order chi connectivity index (χ0) is 29.1. The molecule has 12 heteroatoms. The van der Waals surface area contributed by atoms with Crippen LogP contribution in [-0.2, 0) is 19.9 Å². The Hall–Kier alpha value is -3.83. The molecule has 2 atom stereocenters. The average Bonchev–Trinajstić information content (AvgIpc) is 2.97. The summed E-state index contributed by atoms with van der Waals surface area (Å²) >= 11 is 6.29. The van der Waals surface area contributed by atoms with Crippen LogP contribution in [0.25, 0.3) is 0 Å². The second kappa shape index (κ2) is 12.0. The van der Waals surface area contributed by atoms with Gasteiger partial charge in [0.05, 0.1) is 12.2 Å². The van der Waals surface area contributed by atoms with Gasteiger partial charge in [-0.3, -0.25) is 19.8 Å². The third kappa shape index (κ3) is 6.25. The first-order valence-corrected chi connectivity index (χ1v) is 14.1. The minimum atomic E-state index is -1.12. The Kier molecular flexibility index (Phi) is 8.37. The van der Waals surface area contributed by atoms with Gasteiger partial charge in [0.2, 0.25) is 5.91 Å². The van der Waals surface area contributed by atoms with Crippen LogP contribution in [0.5, 0.6) is 0 Å². The van der Waals surface area contributed by atoms with Crippen LogP contribution in [-0.4, -0.2) is 73.4 Å². The quantitative estimate of drug-likeness (QED) is 0.456. The number of benzene rings is 2. The van der Waals surface area contributed by atoms with E-state index in [-0.39, 0.29) is 18.4 Å². The summed E-state index contributed by atoms with van der Waals surface area (Å²) in [5.74, 6) is -0.485. The Morgan fingerprint density at radius 3 is 2.63 bits per heavy atom. The number of hydrogen-bond donors (Lipinski definition) is 3. The van der Waals surface area contributed by atoms with E-state index in [0.29, 0.717) is 61.0 Å². The minimum Gasteiger partial charge on any atom is -0.465 e. The van der Waals surface area contributed by atoms with Crippen molar-refractivity contribution in [2.24, 2.45) is 5.92 Å². The molecule has 3 aliphatic rings. The van der Waals surface area contributed by atoms with E-state index in [2.05, 4.69) is 10.6 Å². The van der Waals surface area contributed by atoms with Gasteiger partial charge in [-0.15, -0.1) is 0 Å². The highest BCUT2D eigenvalue weighted by Crippen LogP contribution is 2.43. The summed E-state index contributed by atoms with van der Waals surface area (Å²) in [5.41, 5.74) is 1.00. The fourth-order valence-electron chi connectivity index (χ4n) is 5.83. The molecule has 41 heavy (non-hydrogen) atoms. The van der Waals surface area contributed by atoms with Crippen LogP contribution in [0.15, 0.2) is 42.5 Å². The molecule has 0 radical (unpaired) electrons. The van der Waals surface area contributed by atoms with Crippen molar-refractivity contribution >= 4 is 47.0 Å². The molecule has 0 aliphatic carbocycles. The summed E-state index contributed by atoms with van der Waals surface area (Å²) in [4.78, 5) is 53.8. The first kappa shape index (κ1) is 28.7.